The first-order valence-corrected chi connectivity index (χ1v) is 6.05. The Balaban J connectivity index is 3.05. The lowest BCUT2D eigenvalue weighted by atomic mass is 9.88. The molecule has 1 aromatic rings. The van der Waals surface area contributed by atoms with E-state index in [1.54, 1.807) is 6.92 Å². The fraction of sp³-hybridized carbons (Fsp3) is 0.692. The largest absolute Gasteiger partial charge is 0.361 e. The van der Waals surface area contributed by atoms with E-state index in [9.17, 15) is 4.79 Å². The lowest BCUT2D eigenvalue weighted by molar-refractivity contribution is 0.0936. The fourth-order valence-corrected chi connectivity index (χ4v) is 1.55. The van der Waals surface area contributed by atoms with E-state index in [0.29, 0.717) is 11.3 Å². The van der Waals surface area contributed by atoms with Gasteiger partial charge in [0.25, 0.3) is 5.91 Å². The summed E-state index contributed by atoms with van der Waals surface area (Å²) < 4.78 is 5.15. The van der Waals surface area contributed by atoms with Crippen molar-refractivity contribution in [2.24, 2.45) is 0 Å². The first kappa shape index (κ1) is 13.7. The molecule has 0 aliphatic heterocycles. The highest BCUT2D eigenvalue weighted by molar-refractivity contribution is 5.96. The third-order valence-electron chi connectivity index (χ3n) is 2.79. The van der Waals surface area contributed by atoms with E-state index in [4.69, 9.17) is 4.52 Å². The van der Waals surface area contributed by atoms with Crippen molar-refractivity contribution in [1.29, 1.82) is 0 Å². The molecule has 4 heteroatoms. The second-order valence-electron chi connectivity index (χ2n) is 5.50. The van der Waals surface area contributed by atoms with Gasteiger partial charge in [0.1, 0.15) is 17.0 Å². The number of carbonyl (C=O) groups excluding carboxylic acids is 1. The lowest BCUT2D eigenvalue weighted by Crippen LogP contribution is -2.33. The molecule has 1 amide bonds. The summed E-state index contributed by atoms with van der Waals surface area (Å²) in [6.07, 6.45) is 0.904. The van der Waals surface area contributed by atoms with Crippen LogP contribution in [0.3, 0.4) is 0 Å². The van der Waals surface area contributed by atoms with E-state index in [2.05, 4.69) is 10.5 Å². The number of nitrogens with zero attached hydrogens (tertiary/aromatic N) is 1. The topological polar surface area (TPSA) is 55.1 Å². The Kier molecular flexibility index (Phi) is 3.96. The minimum Gasteiger partial charge on any atom is -0.361 e. The molecule has 0 fully saturated rings. The van der Waals surface area contributed by atoms with Crippen LogP contribution in [0, 0.1) is 6.92 Å². The molecule has 1 rings (SSSR count). The summed E-state index contributed by atoms with van der Waals surface area (Å²) in [5.41, 5.74) is 1.11. The Morgan fingerprint density at radius 2 is 2.06 bits per heavy atom. The molecule has 0 spiro atoms. The summed E-state index contributed by atoms with van der Waals surface area (Å²) in [6, 6.07) is 0.157. The quantitative estimate of drug-likeness (QED) is 0.881. The number of aryl methyl sites for hydroxylation is 1. The Hall–Kier alpha value is -1.32. The highest BCUT2D eigenvalue weighted by Crippen LogP contribution is 2.26. The molecule has 0 bridgehead atoms. The molecule has 1 heterocycles. The van der Waals surface area contributed by atoms with Crippen molar-refractivity contribution in [2.75, 3.05) is 0 Å². The number of aromatic nitrogens is 1. The van der Waals surface area contributed by atoms with Crippen LogP contribution in [0.2, 0.25) is 0 Å². The van der Waals surface area contributed by atoms with Gasteiger partial charge < -0.3 is 9.84 Å². The zero-order valence-electron chi connectivity index (χ0n) is 11.5. The van der Waals surface area contributed by atoms with E-state index >= 15 is 0 Å². The van der Waals surface area contributed by atoms with Crippen LogP contribution < -0.4 is 5.32 Å². The molecule has 0 saturated heterocycles. The maximum atomic E-state index is 12.2. The third-order valence-corrected chi connectivity index (χ3v) is 2.79. The van der Waals surface area contributed by atoms with E-state index in [1.165, 1.54) is 0 Å². The number of hydrogen-bond acceptors (Lipinski definition) is 3. The van der Waals surface area contributed by atoms with Crippen molar-refractivity contribution in [2.45, 2.75) is 59.4 Å². The van der Waals surface area contributed by atoms with Gasteiger partial charge in [0, 0.05) is 11.5 Å². The summed E-state index contributed by atoms with van der Waals surface area (Å²) in [6.45, 7) is 11.8. The van der Waals surface area contributed by atoms with E-state index in [-0.39, 0.29) is 17.4 Å². The summed E-state index contributed by atoms with van der Waals surface area (Å²) in [5, 5.41) is 6.95. The zero-order chi connectivity index (χ0) is 13.2. The van der Waals surface area contributed by atoms with Gasteiger partial charge in [-0.25, -0.2) is 0 Å². The predicted molar refractivity (Wildman–Crippen MR) is 67.2 cm³/mol. The molecule has 0 aromatic carbocycles. The van der Waals surface area contributed by atoms with Crippen LogP contribution in [0.25, 0.3) is 0 Å². The van der Waals surface area contributed by atoms with Crippen molar-refractivity contribution in [3.05, 3.63) is 17.0 Å². The maximum Gasteiger partial charge on any atom is 0.257 e. The average Bonchev–Trinajstić information content (AvgIpc) is 2.59. The first-order valence-electron chi connectivity index (χ1n) is 6.05. The predicted octanol–water partition coefficient (Wildman–Crippen LogP) is 2.81. The van der Waals surface area contributed by atoms with Crippen molar-refractivity contribution in [3.8, 4) is 0 Å². The minimum absolute atomic E-state index is 0.0944. The van der Waals surface area contributed by atoms with Gasteiger partial charge >= 0.3 is 0 Å². The molecule has 1 N–H and O–H groups in total. The van der Waals surface area contributed by atoms with Crippen LogP contribution in [0.15, 0.2) is 4.52 Å². The molecule has 17 heavy (non-hydrogen) atoms. The molecule has 0 aliphatic rings. The standard InChI is InChI=1S/C13H22N2O2/c1-7-8(2)14-12(16)10-9(3)17-15-11(10)13(4,5)6/h8H,7H2,1-6H3,(H,14,16). The SMILES string of the molecule is CCC(C)NC(=O)c1c(C(C)(C)C)noc1C. The zero-order valence-corrected chi connectivity index (χ0v) is 11.5. The highest BCUT2D eigenvalue weighted by Gasteiger charge is 2.29. The van der Waals surface area contributed by atoms with Crippen molar-refractivity contribution < 1.29 is 9.32 Å². The molecule has 0 radical (unpaired) electrons. The Morgan fingerprint density at radius 3 is 2.53 bits per heavy atom. The number of hydrogen-bond donors (Lipinski definition) is 1. The molecule has 4 nitrogen and oxygen atoms in total. The smallest absolute Gasteiger partial charge is 0.257 e. The van der Waals surface area contributed by atoms with Gasteiger partial charge in [-0.1, -0.05) is 32.9 Å². The van der Waals surface area contributed by atoms with E-state index < -0.39 is 0 Å². The van der Waals surface area contributed by atoms with Gasteiger partial charge in [0.2, 0.25) is 0 Å². The van der Waals surface area contributed by atoms with Gasteiger partial charge in [-0.15, -0.1) is 0 Å². The summed E-state index contributed by atoms with van der Waals surface area (Å²) >= 11 is 0. The molecular formula is C13H22N2O2. The van der Waals surface area contributed by atoms with E-state index in [1.807, 2.05) is 34.6 Å². The third kappa shape index (κ3) is 3.08. The Labute approximate surface area is 103 Å². The maximum absolute atomic E-state index is 12.2. The Bertz CT molecular complexity index is 402. The van der Waals surface area contributed by atoms with E-state index in [0.717, 1.165) is 12.1 Å². The van der Waals surface area contributed by atoms with Crippen LogP contribution in [0.5, 0.6) is 0 Å². The first-order chi connectivity index (χ1) is 7.77. The summed E-state index contributed by atoms with van der Waals surface area (Å²) in [4.78, 5) is 12.2. The second-order valence-corrected chi connectivity index (χ2v) is 5.50. The van der Waals surface area contributed by atoms with Crippen molar-refractivity contribution in [1.82, 2.24) is 10.5 Å². The second kappa shape index (κ2) is 4.90. The van der Waals surface area contributed by atoms with Crippen LogP contribution in [-0.4, -0.2) is 17.1 Å². The summed E-state index contributed by atoms with van der Waals surface area (Å²) in [7, 11) is 0. The average molecular weight is 238 g/mol. The molecule has 1 aromatic heterocycles. The molecule has 1 atom stereocenters. The van der Waals surface area contributed by atoms with Gasteiger partial charge in [0.05, 0.1) is 0 Å². The molecule has 1 unspecified atom stereocenters. The Morgan fingerprint density at radius 1 is 1.47 bits per heavy atom. The molecular weight excluding hydrogens is 216 g/mol. The molecule has 96 valence electrons. The van der Waals surface area contributed by atoms with Gasteiger partial charge in [-0.05, 0) is 20.3 Å². The van der Waals surface area contributed by atoms with Crippen LogP contribution in [0.4, 0.5) is 0 Å². The monoisotopic (exact) mass is 238 g/mol. The van der Waals surface area contributed by atoms with Crippen molar-refractivity contribution in [3.63, 3.8) is 0 Å². The number of rotatable bonds is 3. The van der Waals surface area contributed by atoms with Gasteiger partial charge in [0.15, 0.2) is 0 Å². The number of nitrogens with one attached hydrogen (secondary N) is 1. The molecule has 0 aliphatic carbocycles. The molecule has 0 saturated carbocycles. The minimum atomic E-state index is -0.195. The van der Waals surface area contributed by atoms with Crippen LogP contribution in [0.1, 0.15) is 62.9 Å². The van der Waals surface area contributed by atoms with Crippen LogP contribution in [-0.2, 0) is 5.41 Å². The van der Waals surface area contributed by atoms with Crippen molar-refractivity contribution >= 4 is 5.91 Å². The number of carbonyl (C=O) groups is 1. The number of amides is 1. The summed E-state index contributed by atoms with van der Waals surface area (Å²) in [5.74, 6) is 0.485. The van der Waals surface area contributed by atoms with Crippen LogP contribution >= 0.6 is 0 Å². The van der Waals surface area contributed by atoms with Gasteiger partial charge in [-0.3, -0.25) is 4.79 Å². The fourth-order valence-electron chi connectivity index (χ4n) is 1.55. The normalized spacial score (nSPS) is 13.5. The lowest BCUT2D eigenvalue weighted by Gasteiger charge is -2.17. The van der Waals surface area contributed by atoms with Gasteiger partial charge in [-0.2, -0.15) is 0 Å². The highest BCUT2D eigenvalue weighted by atomic mass is 16.5.